The lowest BCUT2D eigenvalue weighted by atomic mass is 9.86. The fraction of sp³-hybridized carbons (Fsp3) is 0.222. The van der Waals surface area contributed by atoms with Crippen molar-refractivity contribution in [3.63, 3.8) is 0 Å². The van der Waals surface area contributed by atoms with Crippen LogP contribution in [0.15, 0.2) is 90.3 Å². The van der Waals surface area contributed by atoms with Crippen molar-refractivity contribution in [1.29, 1.82) is 5.26 Å². The summed E-state index contributed by atoms with van der Waals surface area (Å²) in [5.41, 5.74) is 4.15. The first-order chi connectivity index (χ1) is 23.6. The monoisotopic (exact) mass is 674 g/mol. The number of hydrogen-bond acceptors (Lipinski definition) is 9. The maximum absolute atomic E-state index is 14.2. The Morgan fingerprint density at radius 2 is 1.76 bits per heavy atom. The molecule has 0 spiro atoms. The number of hydrogen-bond donors (Lipinski definition) is 1. The molecule has 13 heteroatoms. The number of piperazine rings is 1. The van der Waals surface area contributed by atoms with Crippen LogP contribution < -0.4 is 4.90 Å². The minimum absolute atomic E-state index is 0.0955. The number of halogens is 1. The van der Waals surface area contributed by atoms with Gasteiger partial charge in [0.25, 0.3) is 10.0 Å². The van der Waals surface area contributed by atoms with Crippen molar-refractivity contribution in [3.8, 4) is 34.2 Å². The molecule has 246 valence electrons. The summed E-state index contributed by atoms with van der Waals surface area (Å²) >= 11 is 0. The van der Waals surface area contributed by atoms with Gasteiger partial charge in [-0.1, -0.05) is 17.7 Å². The fourth-order valence-electron chi connectivity index (χ4n) is 7.06. The number of rotatable bonds is 7. The Balaban J connectivity index is 1.15. The summed E-state index contributed by atoms with van der Waals surface area (Å²) in [5, 5.41) is 25.2. The molecule has 49 heavy (non-hydrogen) atoms. The van der Waals surface area contributed by atoms with Crippen LogP contribution in [0.3, 0.4) is 0 Å². The highest BCUT2D eigenvalue weighted by Crippen LogP contribution is 2.40. The van der Waals surface area contributed by atoms with Crippen LogP contribution >= 0.6 is 0 Å². The summed E-state index contributed by atoms with van der Waals surface area (Å²) in [7, 11) is -2.34. The molecule has 2 atom stereocenters. The second-order valence-corrected chi connectivity index (χ2v) is 14.5. The van der Waals surface area contributed by atoms with Crippen LogP contribution in [0.2, 0.25) is 0 Å². The van der Waals surface area contributed by atoms with Gasteiger partial charge in [-0.05, 0) is 61.9 Å². The van der Waals surface area contributed by atoms with E-state index >= 15 is 0 Å². The number of aryl methyl sites for hydroxylation is 2. The quantitative estimate of drug-likeness (QED) is 0.242. The van der Waals surface area contributed by atoms with Crippen LogP contribution in [0.1, 0.15) is 23.1 Å². The SMILES string of the molecule is Cc1ccc(S(=O)(=O)n2c(-c3cnn(C)c3)cc3c(-c4ccc(N5CC6CC(C5)N6Cc5cc(F)ccc5O)nc4)c(C#N)cnc32)cc1. The molecule has 0 saturated carbocycles. The van der Waals surface area contributed by atoms with E-state index in [-0.39, 0.29) is 34.2 Å². The summed E-state index contributed by atoms with van der Waals surface area (Å²) in [4.78, 5) is 13.9. The second-order valence-electron chi connectivity index (χ2n) is 12.7. The zero-order valence-electron chi connectivity index (χ0n) is 26.7. The van der Waals surface area contributed by atoms with Crippen LogP contribution in [0.5, 0.6) is 5.75 Å². The summed E-state index contributed by atoms with van der Waals surface area (Å²) in [5.74, 6) is 0.511. The Labute approximate surface area is 282 Å². The highest BCUT2D eigenvalue weighted by molar-refractivity contribution is 7.90. The maximum atomic E-state index is 14.2. The molecular formula is C36H31FN8O3S. The highest BCUT2D eigenvalue weighted by Gasteiger charge is 2.45. The maximum Gasteiger partial charge on any atom is 0.269 e. The number of aromatic nitrogens is 5. The fourth-order valence-corrected chi connectivity index (χ4v) is 8.55. The lowest BCUT2D eigenvalue weighted by Gasteiger charge is -2.56. The van der Waals surface area contributed by atoms with Gasteiger partial charge in [0, 0.05) is 85.0 Å². The third-order valence-electron chi connectivity index (χ3n) is 9.57. The van der Waals surface area contributed by atoms with E-state index in [4.69, 9.17) is 4.98 Å². The van der Waals surface area contributed by atoms with E-state index in [2.05, 4.69) is 26.0 Å². The first-order valence-corrected chi connectivity index (χ1v) is 17.2. The number of fused-ring (bicyclic) bond motifs is 3. The Kier molecular flexibility index (Phi) is 7.24. The molecule has 2 unspecified atom stereocenters. The molecule has 7 heterocycles. The van der Waals surface area contributed by atoms with Crippen molar-refractivity contribution in [2.45, 2.75) is 36.9 Å². The predicted octanol–water partition coefficient (Wildman–Crippen LogP) is 5.22. The minimum Gasteiger partial charge on any atom is -0.508 e. The largest absolute Gasteiger partial charge is 0.508 e. The number of nitriles is 1. The van der Waals surface area contributed by atoms with Gasteiger partial charge in [0.05, 0.1) is 22.3 Å². The Bertz CT molecular complexity index is 2390. The number of anilines is 1. The molecule has 2 bridgehead atoms. The van der Waals surface area contributed by atoms with Gasteiger partial charge in [-0.3, -0.25) is 9.58 Å². The third kappa shape index (κ3) is 5.20. The number of piperidine rings is 1. The molecule has 3 aliphatic heterocycles. The van der Waals surface area contributed by atoms with Gasteiger partial charge in [-0.2, -0.15) is 10.4 Å². The lowest BCUT2D eigenvalue weighted by Crippen LogP contribution is -2.68. The van der Waals surface area contributed by atoms with Crippen molar-refractivity contribution in [3.05, 3.63) is 108 Å². The van der Waals surface area contributed by atoms with Crippen LogP contribution in [0, 0.1) is 24.1 Å². The van der Waals surface area contributed by atoms with Crippen LogP contribution in [0.4, 0.5) is 10.2 Å². The van der Waals surface area contributed by atoms with Crippen LogP contribution in [0.25, 0.3) is 33.4 Å². The zero-order chi connectivity index (χ0) is 34.0. The molecule has 3 aliphatic rings. The summed E-state index contributed by atoms with van der Waals surface area (Å²) in [6.45, 7) is 3.84. The van der Waals surface area contributed by atoms with Gasteiger partial charge >= 0.3 is 0 Å². The van der Waals surface area contributed by atoms with Gasteiger partial charge in [0.2, 0.25) is 0 Å². The zero-order valence-corrected chi connectivity index (χ0v) is 27.5. The molecule has 0 amide bonds. The predicted molar refractivity (Wildman–Crippen MR) is 182 cm³/mol. The molecule has 4 aromatic heterocycles. The van der Waals surface area contributed by atoms with Crippen LogP contribution in [-0.2, 0) is 23.6 Å². The first kappa shape index (κ1) is 30.7. The van der Waals surface area contributed by atoms with E-state index in [1.54, 1.807) is 60.7 Å². The van der Waals surface area contributed by atoms with E-state index in [0.717, 1.165) is 30.9 Å². The molecule has 0 aliphatic carbocycles. The van der Waals surface area contributed by atoms with Gasteiger partial charge in [-0.25, -0.2) is 26.7 Å². The van der Waals surface area contributed by atoms with Crippen molar-refractivity contribution >= 4 is 26.9 Å². The Morgan fingerprint density at radius 3 is 2.43 bits per heavy atom. The number of phenols is 1. The molecule has 6 aromatic rings. The first-order valence-electron chi connectivity index (χ1n) is 15.8. The van der Waals surface area contributed by atoms with E-state index in [0.29, 0.717) is 45.4 Å². The van der Waals surface area contributed by atoms with Crippen LogP contribution in [-0.4, -0.2) is 67.3 Å². The normalized spacial score (nSPS) is 17.6. The van der Waals surface area contributed by atoms with Crippen molar-refractivity contribution < 1.29 is 17.9 Å². The summed E-state index contributed by atoms with van der Waals surface area (Å²) in [6.07, 6.45) is 7.47. The lowest BCUT2D eigenvalue weighted by molar-refractivity contribution is -0.00921. The molecule has 11 nitrogen and oxygen atoms in total. The topological polar surface area (TPSA) is 133 Å². The van der Waals surface area contributed by atoms with E-state index in [1.807, 2.05) is 19.1 Å². The second kappa shape index (κ2) is 11.5. The van der Waals surface area contributed by atoms with E-state index in [9.17, 15) is 23.2 Å². The summed E-state index contributed by atoms with van der Waals surface area (Å²) < 4.78 is 45.1. The third-order valence-corrected chi connectivity index (χ3v) is 11.3. The highest BCUT2D eigenvalue weighted by atomic mass is 32.2. The molecule has 3 saturated heterocycles. The average molecular weight is 675 g/mol. The molecular weight excluding hydrogens is 644 g/mol. The molecule has 1 N–H and O–H groups in total. The number of benzene rings is 2. The van der Waals surface area contributed by atoms with Gasteiger partial charge in [-0.15, -0.1) is 0 Å². The minimum atomic E-state index is -4.10. The van der Waals surface area contributed by atoms with Gasteiger partial charge in [0.15, 0.2) is 5.65 Å². The molecule has 9 rings (SSSR count). The van der Waals surface area contributed by atoms with E-state index < -0.39 is 10.0 Å². The summed E-state index contributed by atoms with van der Waals surface area (Å²) in [6, 6.07) is 19.0. The van der Waals surface area contributed by atoms with Crippen molar-refractivity contribution in [2.24, 2.45) is 7.05 Å². The number of phenolic OH excluding ortho intramolecular Hbond substituents is 1. The average Bonchev–Trinajstić information content (AvgIpc) is 3.72. The van der Waals surface area contributed by atoms with Gasteiger partial charge in [0.1, 0.15) is 23.5 Å². The standard InChI is InChI=1S/C36H31FN8O3S/c1-22-3-7-30(8-4-22)49(47,48)45-32(26-17-41-42(2)18-26)13-31-35(25(14-38)16-40-36(31)45)23-5-10-34(39-15-23)43-20-28-12-29(21-43)44(28)19-24-11-27(37)6-9-33(24)46/h3-11,13,15-18,28-29,46H,12,19-21H2,1-2H3. The number of pyridine rings is 2. The van der Waals surface area contributed by atoms with Gasteiger partial charge < -0.3 is 10.0 Å². The van der Waals surface area contributed by atoms with E-state index in [1.165, 1.54) is 28.4 Å². The molecule has 2 aromatic carbocycles. The Hall–Kier alpha value is -5.58. The number of nitrogens with zero attached hydrogens (tertiary/aromatic N) is 8. The number of aromatic hydroxyl groups is 1. The van der Waals surface area contributed by atoms with Crippen molar-refractivity contribution in [2.75, 3.05) is 18.0 Å². The molecule has 0 radical (unpaired) electrons. The van der Waals surface area contributed by atoms with Crippen molar-refractivity contribution in [1.82, 2.24) is 28.6 Å². The molecule has 3 fully saturated rings. The smallest absolute Gasteiger partial charge is 0.269 e. The Morgan fingerprint density at radius 1 is 0.980 bits per heavy atom.